The van der Waals surface area contributed by atoms with Crippen molar-refractivity contribution in [1.82, 2.24) is 0 Å². The van der Waals surface area contributed by atoms with Crippen molar-refractivity contribution in [3.05, 3.63) is 71.3 Å². The maximum atomic E-state index is 13.5. The number of phenolic OH excluding ortho intramolecular Hbond substituents is 1. The number of carbonyl (C=O) groups is 2. The molecule has 1 fully saturated rings. The average Bonchev–Trinajstić information content (AvgIpc) is 3.24. The first-order valence-corrected chi connectivity index (χ1v) is 11.3. The first kappa shape index (κ1) is 20.6. The molecule has 0 aromatic heterocycles. The largest absolute Gasteiger partial charge is 0.506 e. The number of fused-ring (bicyclic) bond motifs is 3. The van der Waals surface area contributed by atoms with Crippen molar-refractivity contribution in [1.29, 1.82) is 0 Å². The molecule has 1 N–H and O–H groups in total. The number of aromatic hydroxyl groups is 1. The highest BCUT2D eigenvalue weighted by molar-refractivity contribution is 6.06. The predicted octanol–water partition coefficient (Wildman–Crippen LogP) is 5.32. The van der Waals surface area contributed by atoms with E-state index in [0.29, 0.717) is 23.1 Å². The zero-order valence-electron chi connectivity index (χ0n) is 17.8. The molecule has 1 saturated carbocycles. The van der Waals surface area contributed by atoms with E-state index in [-0.39, 0.29) is 35.9 Å². The summed E-state index contributed by atoms with van der Waals surface area (Å²) in [6.45, 7) is 0. The summed E-state index contributed by atoms with van der Waals surface area (Å²) in [5.41, 5.74) is 1.97. The molecule has 0 radical (unpaired) electrons. The van der Waals surface area contributed by atoms with Gasteiger partial charge in [-0.15, -0.1) is 0 Å². The Bertz CT molecular complexity index is 1150. The second kappa shape index (κ2) is 8.65. The molecule has 1 aliphatic carbocycles. The summed E-state index contributed by atoms with van der Waals surface area (Å²) in [7, 11) is 0. The van der Waals surface area contributed by atoms with E-state index in [0.717, 1.165) is 37.4 Å². The normalized spacial score (nSPS) is 22.2. The van der Waals surface area contributed by atoms with Gasteiger partial charge in [-0.3, -0.25) is 0 Å². The average molecular weight is 431 g/mol. The van der Waals surface area contributed by atoms with Crippen LogP contribution in [-0.2, 0) is 16.0 Å². The molecule has 0 amide bonds. The van der Waals surface area contributed by atoms with Gasteiger partial charge in [0.2, 0.25) is 0 Å². The lowest BCUT2D eigenvalue weighted by molar-refractivity contribution is -0.109. The van der Waals surface area contributed by atoms with Crippen LogP contribution in [0.15, 0.2) is 54.6 Å². The number of ether oxygens (including phenoxy) is 2. The molecule has 0 spiro atoms. The van der Waals surface area contributed by atoms with Crippen LogP contribution in [0.1, 0.15) is 59.5 Å². The minimum atomic E-state index is -0.521. The first-order chi connectivity index (χ1) is 15.7. The molecule has 1 aliphatic heterocycles. The third-order valence-corrected chi connectivity index (χ3v) is 6.71. The van der Waals surface area contributed by atoms with Crippen molar-refractivity contribution in [3.63, 3.8) is 0 Å². The molecule has 164 valence electrons. The number of benzene rings is 3. The molecule has 0 saturated heterocycles. The fourth-order valence-electron chi connectivity index (χ4n) is 5.18. The van der Waals surface area contributed by atoms with Crippen LogP contribution in [0.4, 0.5) is 0 Å². The summed E-state index contributed by atoms with van der Waals surface area (Å²) in [6.07, 6.45) is 4.74. The number of carbonyl (C=O) groups excluding carboxylic acids is 2. The molecule has 3 atom stereocenters. The fourth-order valence-corrected chi connectivity index (χ4v) is 5.18. The first-order valence-electron chi connectivity index (χ1n) is 11.3. The van der Waals surface area contributed by atoms with Crippen LogP contribution < -0.4 is 4.74 Å². The summed E-state index contributed by atoms with van der Waals surface area (Å²) in [4.78, 5) is 24.5. The summed E-state index contributed by atoms with van der Waals surface area (Å²) in [5, 5.41) is 12.4. The Kier molecular flexibility index (Phi) is 5.56. The summed E-state index contributed by atoms with van der Waals surface area (Å²) in [6, 6.07) is 17.5. The molecule has 2 aliphatic rings. The number of phenols is 1. The van der Waals surface area contributed by atoms with Gasteiger partial charge in [-0.1, -0.05) is 61.0 Å². The highest BCUT2D eigenvalue weighted by Gasteiger charge is 2.36. The Hall–Kier alpha value is -3.34. The van der Waals surface area contributed by atoms with Gasteiger partial charge in [0.1, 0.15) is 35.6 Å². The number of aldehydes is 1. The molecule has 32 heavy (non-hydrogen) atoms. The van der Waals surface area contributed by atoms with Gasteiger partial charge in [-0.25, -0.2) is 4.79 Å². The Labute approximate surface area is 187 Å². The Morgan fingerprint density at radius 1 is 1.03 bits per heavy atom. The number of esters is 1. The van der Waals surface area contributed by atoms with Crippen LogP contribution in [-0.4, -0.2) is 29.6 Å². The van der Waals surface area contributed by atoms with E-state index < -0.39 is 5.97 Å². The maximum absolute atomic E-state index is 13.5. The molecular weight excluding hydrogens is 404 g/mol. The minimum Gasteiger partial charge on any atom is -0.506 e. The van der Waals surface area contributed by atoms with Crippen LogP contribution >= 0.6 is 0 Å². The monoisotopic (exact) mass is 430 g/mol. The molecule has 1 heterocycles. The summed E-state index contributed by atoms with van der Waals surface area (Å²) in [5.74, 6) is 0.114. The topological polar surface area (TPSA) is 72.8 Å². The van der Waals surface area contributed by atoms with Crippen molar-refractivity contribution >= 4 is 23.0 Å². The fraction of sp³-hybridized carbons (Fsp3) is 0.333. The lowest BCUT2D eigenvalue weighted by Crippen LogP contribution is -2.29. The molecule has 1 unspecified atom stereocenters. The Balaban J connectivity index is 1.52. The van der Waals surface area contributed by atoms with Crippen LogP contribution in [0.25, 0.3) is 10.8 Å². The van der Waals surface area contributed by atoms with Crippen LogP contribution in [0.5, 0.6) is 11.5 Å². The predicted molar refractivity (Wildman–Crippen MR) is 121 cm³/mol. The van der Waals surface area contributed by atoms with E-state index in [1.165, 1.54) is 5.56 Å². The van der Waals surface area contributed by atoms with Crippen molar-refractivity contribution in [2.75, 3.05) is 0 Å². The van der Waals surface area contributed by atoms with Crippen molar-refractivity contribution < 1.29 is 24.2 Å². The molecular formula is C27H26O5. The highest BCUT2D eigenvalue weighted by Crippen LogP contribution is 2.46. The van der Waals surface area contributed by atoms with Gasteiger partial charge in [0, 0.05) is 35.1 Å². The van der Waals surface area contributed by atoms with Crippen molar-refractivity contribution in [2.45, 2.75) is 56.7 Å². The smallest absolute Gasteiger partial charge is 0.342 e. The quantitative estimate of drug-likeness (QED) is 0.438. The maximum Gasteiger partial charge on any atom is 0.342 e. The molecule has 5 heteroatoms. The SMILES string of the molecule is O=CCC1Cc2c(C(=O)O[C@@H]3CCCC[C@H]3c3ccccc3)c(O)c3ccccc3c2O1. The molecule has 3 aromatic carbocycles. The third-order valence-electron chi connectivity index (χ3n) is 6.71. The molecule has 0 bridgehead atoms. The number of hydrogen-bond donors (Lipinski definition) is 1. The highest BCUT2D eigenvalue weighted by atomic mass is 16.5. The van der Waals surface area contributed by atoms with Gasteiger partial charge < -0.3 is 19.4 Å². The van der Waals surface area contributed by atoms with E-state index in [1.807, 2.05) is 36.4 Å². The lowest BCUT2D eigenvalue weighted by Gasteiger charge is -2.31. The van der Waals surface area contributed by atoms with Gasteiger partial charge in [-0.2, -0.15) is 0 Å². The van der Waals surface area contributed by atoms with E-state index in [1.54, 1.807) is 6.07 Å². The van der Waals surface area contributed by atoms with Crippen LogP contribution in [0.2, 0.25) is 0 Å². The van der Waals surface area contributed by atoms with Gasteiger partial charge in [0.15, 0.2) is 0 Å². The number of rotatable bonds is 5. The van der Waals surface area contributed by atoms with Gasteiger partial charge >= 0.3 is 5.97 Å². The molecule has 5 rings (SSSR count). The minimum absolute atomic E-state index is 0.0771. The Morgan fingerprint density at radius 2 is 1.75 bits per heavy atom. The van der Waals surface area contributed by atoms with E-state index in [9.17, 15) is 14.7 Å². The van der Waals surface area contributed by atoms with E-state index >= 15 is 0 Å². The van der Waals surface area contributed by atoms with Gasteiger partial charge in [-0.05, 0) is 24.8 Å². The van der Waals surface area contributed by atoms with E-state index in [4.69, 9.17) is 9.47 Å². The summed E-state index contributed by atoms with van der Waals surface area (Å²) < 4.78 is 12.1. The zero-order valence-corrected chi connectivity index (χ0v) is 17.8. The van der Waals surface area contributed by atoms with E-state index in [2.05, 4.69) is 12.1 Å². The third kappa shape index (κ3) is 3.62. The molecule has 5 nitrogen and oxygen atoms in total. The van der Waals surface area contributed by atoms with Crippen molar-refractivity contribution in [3.8, 4) is 11.5 Å². The number of hydrogen-bond acceptors (Lipinski definition) is 5. The van der Waals surface area contributed by atoms with Gasteiger partial charge in [0.05, 0.1) is 0 Å². The lowest BCUT2D eigenvalue weighted by atomic mass is 9.81. The second-order valence-corrected chi connectivity index (χ2v) is 8.67. The van der Waals surface area contributed by atoms with Gasteiger partial charge in [0.25, 0.3) is 0 Å². The zero-order chi connectivity index (χ0) is 22.1. The molecule has 3 aromatic rings. The van der Waals surface area contributed by atoms with Crippen LogP contribution in [0.3, 0.4) is 0 Å². The van der Waals surface area contributed by atoms with Crippen LogP contribution in [0, 0.1) is 0 Å². The second-order valence-electron chi connectivity index (χ2n) is 8.67. The van der Waals surface area contributed by atoms with Crippen molar-refractivity contribution in [2.24, 2.45) is 0 Å². The standard InChI is InChI=1S/C27H26O5/c28-15-14-18-16-22-24(25(29)20-11-4-5-12-21(20)26(22)31-18)27(30)32-23-13-7-6-10-19(23)17-8-2-1-3-9-17/h1-5,8-9,11-12,15,18-19,23,29H,6-7,10,13-14,16H2/t18?,19-,23+/m0/s1. The Morgan fingerprint density at radius 3 is 2.53 bits per heavy atom. The summed E-state index contributed by atoms with van der Waals surface area (Å²) >= 11 is 0.